The van der Waals surface area contributed by atoms with Gasteiger partial charge in [0.05, 0.1) is 11.9 Å². The van der Waals surface area contributed by atoms with Gasteiger partial charge in [0, 0.05) is 25.7 Å². The van der Waals surface area contributed by atoms with Crippen molar-refractivity contribution >= 4 is 22.0 Å². The molecule has 0 aromatic carbocycles. The quantitative estimate of drug-likeness (QED) is 0.357. The summed E-state index contributed by atoms with van der Waals surface area (Å²) in [5.74, 6) is -0.595. The van der Waals surface area contributed by atoms with Crippen LogP contribution in [0.4, 0.5) is 4.79 Å². The molecule has 0 radical (unpaired) electrons. The van der Waals surface area contributed by atoms with Crippen LogP contribution in [0.1, 0.15) is 71.1 Å². The lowest BCUT2D eigenvalue weighted by Crippen LogP contribution is -2.59. The number of aliphatic carboxylic acids is 1. The summed E-state index contributed by atoms with van der Waals surface area (Å²) >= 11 is 0. The number of hydrogen-bond acceptors (Lipinski definition) is 6. The molecule has 10 nitrogen and oxygen atoms in total. The van der Waals surface area contributed by atoms with Crippen LogP contribution >= 0.6 is 0 Å². The van der Waals surface area contributed by atoms with Crippen molar-refractivity contribution < 1.29 is 27.9 Å². The van der Waals surface area contributed by atoms with Crippen LogP contribution in [0, 0.1) is 5.92 Å². The zero-order chi connectivity index (χ0) is 24.6. The van der Waals surface area contributed by atoms with Gasteiger partial charge in [0.2, 0.25) is 10.0 Å². The number of carboxylic acid groups (broad SMARTS) is 1. The summed E-state index contributed by atoms with van der Waals surface area (Å²) in [7, 11) is -3.66. The van der Waals surface area contributed by atoms with E-state index in [1.807, 2.05) is 6.92 Å². The van der Waals surface area contributed by atoms with Gasteiger partial charge in [0.15, 0.2) is 0 Å². The van der Waals surface area contributed by atoms with E-state index in [0.717, 1.165) is 51.8 Å². The minimum absolute atomic E-state index is 0.0732. The number of ether oxygens (including phenoxy) is 1. The Bertz CT molecular complexity index is 770. The molecule has 2 aliphatic heterocycles. The van der Waals surface area contributed by atoms with Gasteiger partial charge in [-0.15, -0.1) is 0 Å². The van der Waals surface area contributed by atoms with Gasteiger partial charge >= 0.3 is 12.0 Å². The summed E-state index contributed by atoms with van der Waals surface area (Å²) in [6.45, 7) is 6.10. The third-order valence-corrected chi connectivity index (χ3v) is 8.98. The van der Waals surface area contributed by atoms with E-state index in [9.17, 15) is 23.1 Å². The number of carboxylic acids is 1. The van der Waals surface area contributed by atoms with Crippen molar-refractivity contribution in [2.45, 2.75) is 88.8 Å². The van der Waals surface area contributed by atoms with E-state index < -0.39 is 21.5 Å². The van der Waals surface area contributed by atoms with Crippen molar-refractivity contribution in [2.75, 3.05) is 38.5 Å². The molecule has 34 heavy (non-hydrogen) atoms. The fourth-order valence-electron chi connectivity index (χ4n) is 5.11. The Morgan fingerprint density at radius 2 is 1.74 bits per heavy atom. The Morgan fingerprint density at radius 3 is 2.32 bits per heavy atom. The molecule has 0 atom stereocenters. The molecule has 11 heteroatoms. The van der Waals surface area contributed by atoms with Gasteiger partial charge in [-0.25, -0.2) is 13.2 Å². The Hall–Kier alpha value is -1.43. The van der Waals surface area contributed by atoms with Gasteiger partial charge in [-0.1, -0.05) is 13.3 Å². The minimum atomic E-state index is -3.66. The monoisotopic (exact) mass is 502 g/mol. The summed E-state index contributed by atoms with van der Waals surface area (Å²) in [6.07, 6.45) is 6.53. The van der Waals surface area contributed by atoms with Crippen LogP contribution in [0.25, 0.3) is 0 Å². The molecule has 1 aliphatic carbocycles. The summed E-state index contributed by atoms with van der Waals surface area (Å²) in [5.41, 5.74) is -1.49. The van der Waals surface area contributed by atoms with Crippen LogP contribution in [0.3, 0.4) is 0 Å². The van der Waals surface area contributed by atoms with Gasteiger partial charge in [-0.3, -0.25) is 4.79 Å². The molecular weight excluding hydrogens is 460 g/mol. The molecule has 2 heterocycles. The molecule has 0 aromatic rings. The van der Waals surface area contributed by atoms with Crippen LogP contribution in [-0.2, 0) is 19.6 Å². The van der Waals surface area contributed by atoms with Gasteiger partial charge in [-0.05, 0) is 76.8 Å². The number of carbonyl (C=O) groups is 2. The molecule has 0 aromatic heterocycles. The normalized spacial score (nSPS) is 27.4. The SMILES string of the molecule is CCCCS(=O)(=O)NC1(C(=O)O)CCC(NC(=O)N2CCC(OCC3CCNCC3)CC2)CC1. The molecule has 2 saturated heterocycles. The van der Waals surface area contributed by atoms with E-state index >= 15 is 0 Å². The summed E-state index contributed by atoms with van der Waals surface area (Å²) in [6, 6.07) is -0.290. The zero-order valence-corrected chi connectivity index (χ0v) is 21.2. The summed E-state index contributed by atoms with van der Waals surface area (Å²) in [5, 5.41) is 16.2. The Labute approximate surface area is 203 Å². The first-order valence-corrected chi connectivity index (χ1v) is 14.5. The van der Waals surface area contributed by atoms with E-state index in [4.69, 9.17) is 4.74 Å². The van der Waals surface area contributed by atoms with Crippen molar-refractivity contribution in [3.63, 3.8) is 0 Å². The van der Waals surface area contributed by atoms with Crippen LogP contribution in [0.5, 0.6) is 0 Å². The maximum Gasteiger partial charge on any atom is 0.324 e. The maximum absolute atomic E-state index is 12.8. The predicted octanol–water partition coefficient (Wildman–Crippen LogP) is 1.66. The fourth-order valence-corrected chi connectivity index (χ4v) is 6.77. The molecule has 4 N–H and O–H groups in total. The number of hydrogen-bond donors (Lipinski definition) is 4. The number of nitrogens with one attached hydrogen (secondary N) is 3. The topological polar surface area (TPSA) is 137 Å². The second-order valence-corrected chi connectivity index (χ2v) is 11.9. The molecule has 0 bridgehead atoms. The molecule has 3 rings (SSSR count). The lowest BCUT2D eigenvalue weighted by Gasteiger charge is -2.38. The fraction of sp³-hybridized carbons (Fsp3) is 0.913. The average molecular weight is 503 g/mol. The lowest BCUT2D eigenvalue weighted by atomic mass is 9.80. The molecule has 0 spiro atoms. The highest BCUT2D eigenvalue weighted by molar-refractivity contribution is 7.89. The van der Waals surface area contributed by atoms with E-state index in [0.29, 0.717) is 38.3 Å². The van der Waals surface area contributed by atoms with E-state index in [1.54, 1.807) is 4.90 Å². The first kappa shape index (κ1) is 27.2. The van der Waals surface area contributed by atoms with Gasteiger partial charge in [0.1, 0.15) is 5.54 Å². The second-order valence-electron chi connectivity index (χ2n) is 10.1. The molecule has 0 unspecified atom stereocenters. The Morgan fingerprint density at radius 1 is 1.09 bits per heavy atom. The molecule has 196 valence electrons. The van der Waals surface area contributed by atoms with E-state index in [2.05, 4.69) is 15.4 Å². The zero-order valence-electron chi connectivity index (χ0n) is 20.4. The van der Waals surface area contributed by atoms with Crippen molar-refractivity contribution in [3.8, 4) is 0 Å². The van der Waals surface area contributed by atoms with Gasteiger partial charge < -0.3 is 25.4 Å². The van der Waals surface area contributed by atoms with Crippen LogP contribution in [0.15, 0.2) is 0 Å². The minimum Gasteiger partial charge on any atom is -0.480 e. The number of urea groups is 1. The smallest absolute Gasteiger partial charge is 0.324 e. The standard InChI is InChI=1S/C23H42N4O6S/c1-2-3-16-34(31,32)26-23(21(28)29)10-4-19(5-11-23)25-22(30)27-14-8-20(9-15-27)33-17-18-6-12-24-13-7-18/h18-20,24,26H,2-17H2,1H3,(H,25,30)(H,28,29). The molecule has 1 saturated carbocycles. The number of likely N-dealkylation sites (tertiary alicyclic amines) is 1. The third kappa shape index (κ3) is 7.79. The summed E-state index contributed by atoms with van der Waals surface area (Å²) < 4.78 is 33.2. The first-order valence-electron chi connectivity index (χ1n) is 12.9. The van der Waals surface area contributed by atoms with Crippen LogP contribution in [-0.4, -0.2) is 86.6 Å². The Kier molecular flexibility index (Phi) is 9.99. The average Bonchev–Trinajstić information content (AvgIpc) is 2.83. The second kappa shape index (κ2) is 12.5. The first-order chi connectivity index (χ1) is 16.2. The Balaban J connectivity index is 1.40. The molecule has 3 aliphatic rings. The van der Waals surface area contributed by atoms with Gasteiger partial charge in [0.25, 0.3) is 0 Å². The van der Waals surface area contributed by atoms with E-state index in [-0.39, 0.29) is 36.8 Å². The van der Waals surface area contributed by atoms with Gasteiger partial charge in [-0.2, -0.15) is 4.72 Å². The number of piperidine rings is 2. The van der Waals surface area contributed by atoms with Crippen LogP contribution < -0.4 is 15.4 Å². The number of nitrogens with zero attached hydrogens (tertiary/aromatic N) is 1. The third-order valence-electron chi connectivity index (χ3n) is 7.45. The molecule has 3 fully saturated rings. The number of carbonyl (C=O) groups excluding carboxylic acids is 1. The lowest BCUT2D eigenvalue weighted by molar-refractivity contribution is -0.145. The largest absolute Gasteiger partial charge is 0.480 e. The van der Waals surface area contributed by atoms with Crippen molar-refractivity contribution in [3.05, 3.63) is 0 Å². The highest BCUT2D eigenvalue weighted by atomic mass is 32.2. The number of rotatable bonds is 10. The van der Waals surface area contributed by atoms with Crippen LogP contribution in [0.2, 0.25) is 0 Å². The highest BCUT2D eigenvalue weighted by Crippen LogP contribution is 2.30. The highest BCUT2D eigenvalue weighted by Gasteiger charge is 2.45. The maximum atomic E-state index is 12.8. The van der Waals surface area contributed by atoms with Crippen molar-refractivity contribution in [1.29, 1.82) is 0 Å². The number of unbranched alkanes of at least 4 members (excludes halogenated alkanes) is 1. The van der Waals surface area contributed by atoms with Crippen molar-refractivity contribution in [1.82, 2.24) is 20.3 Å². The summed E-state index contributed by atoms with van der Waals surface area (Å²) in [4.78, 5) is 26.5. The number of sulfonamides is 1. The predicted molar refractivity (Wildman–Crippen MR) is 129 cm³/mol. The van der Waals surface area contributed by atoms with E-state index in [1.165, 1.54) is 0 Å². The molecular formula is C23H42N4O6S. The number of amides is 2. The van der Waals surface area contributed by atoms with Crippen molar-refractivity contribution in [2.24, 2.45) is 5.92 Å². The molecule has 2 amide bonds.